The van der Waals surface area contributed by atoms with Crippen molar-refractivity contribution in [3.8, 4) is 11.5 Å². The van der Waals surface area contributed by atoms with Crippen molar-refractivity contribution in [2.45, 2.75) is 33.3 Å². The van der Waals surface area contributed by atoms with Gasteiger partial charge in [0.05, 0.1) is 12.2 Å². The molecular weight excluding hydrogens is 216 g/mol. The Bertz CT molecular complexity index is 345. The van der Waals surface area contributed by atoms with E-state index in [9.17, 15) is 5.11 Å². The standard InChI is InChI=1S/C14H22O3/c1-5-16-12-7-6-8-13(9-12)17-10-14(4,15)11(2)3/h6-9,11,15H,5,10H2,1-4H3. The van der Waals surface area contributed by atoms with Crippen molar-refractivity contribution in [1.82, 2.24) is 0 Å². The Kier molecular flexibility index (Phi) is 4.82. The van der Waals surface area contributed by atoms with Gasteiger partial charge in [-0.3, -0.25) is 0 Å². The van der Waals surface area contributed by atoms with Crippen molar-refractivity contribution >= 4 is 0 Å². The molecule has 1 unspecified atom stereocenters. The monoisotopic (exact) mass is 238 g/mol. The minimum absolute atomic E-state index is 0.151. The highest BCUT2D eigenvalue weighted by molar-refractivity contribution is 5.32. The lowest BCUT2D eigenvalue weighted by Gasteiger charge is -2.27. The van der Waals surface area contributed by atoms with Crippen LogP contribution in [-0.2, 0) is 0 Å². The summed E-state index contributed by atoms with van der Waals surface area (Å²) in [4.78, 5) is 0. The number of hydrogen-bond acceptors (Lipinski definition) is 3. The van der Waals surface area contributed by atoms with Crippen LogP contribution >= 0.6 is 0 Å². The number of ether oxygens (including phenoxy) is 2. The maximum absolute atomic E-state index is 10.1. The van der Waals surface area contributed by atoms with Crippen LogP contribution in [0.4, 0.5) is 0 Å². The van der Waals surface area contributed by atoms with E-state index < -0.39 is 5.60 Å². The first-order valence-corrected chi connectivity index (χ1v) is 6.03. The van der Waals surface area contributed by atoms with E-state index in [1.807, 2.05) is 45.0 Å². The molecule has 0 amide bonds. The van der Waals surface area contributed by atoms with E-state index in [2.05, 4.69) is 0 Å². The molecule has 1 atom stereocenters. The minimum Gasteiger partial charge on any atom is -0.494 e. The highest BCUT2D eigenvalue weighted by Gasteiger charge is 2.25. The van der Waals surface area contributed by atoms with Crippen molar-refractivity contribution in [3.63, 3.8) is 0 Å². The number of benzene rings is 1. The van der Waals surface area contributed by atoms with Crippen LogP contribution in [0.15, 0.2) is 24.3 Å². The molecule has 0 aliphatic heterocycles. The molecule has 0 aliphatic rings. The van der Waals surface area contributed by atoms with Gasteiger partial charge >= 0.3 is 0 Å². The van der Waals surface area contributed by atoms with E-state index in [1.54, 1.807) is 6.92 Å². The zero-order valence-corrected chi connectivity index (χ0v) is 11.1. The van der Waals surface area contributed by atoms with E-state index >= 15 is 0 Å². The Morgan fingerprint density at radius 2 is 1.82 bits per heavy atom. The Morgan fingerprint density at radius 3 is 2.35 bits per heavy atom. The molecule has 1 rings (SSSR count). The molecule has 96 valence electrons. The van der Waals surface area contributed by atoms with Gasteiger partial charge in [0.15, 0.2) is 0 Å². The molecule has 17 heavy (non-hydrogen) atoms. The smallest absolute Gasteiger partial charge is 0.123 e. The quantitative estimate of drug-likeness (QED) is 0.828. The summed E-state index contributed by atoms with van der Waals surface area (Å²) >= 11 is 0. The van der Waals surface area contributed by atoms with Crippen LogP contribution in [0.5, 0.6) is 11.5 Å². The van der Waals surface area contributed by atoms with Crippen LogP contribution in [0.3, 0.4) is 0 Å². The molecule has 0 heterocycles. The summed E-state index contributed by atoms with van der Waals surface area (Å²) in [6.07, 6.45) is 0. The van der Waals surface area contributed by atoms with Crippen LogP contribution in [-0.4, -0.2) is 23.9 Å². The Labute approximate surface area is 103 Å². The molecule has 0 saturated heterocycles. The van der Waals surface area contributed by atoms with Crippen LogP contribution < -0.4 is 9.47 Å². The average molecular weight is 238 g/mol. The van der Waals surface area contributed by atoms with Gasteiger partial charge in [-0.25, -0.2) is 0 Å². The Morgan fingerprint density at radius 1 is 1.24 bits per heavy atom. The molecule has 0 radical (unpaired) electrons. The second-order valence-corrected chi connectivity index (χ2v) is 4.71. The highest BCUT2D eigenvalue weighted by atomic mass is 16.5. The number of rotatable bonds is 6. The third-order valence-electron chi connectivity index (χ3n) is 2.89. The summed E-state index contributed by atoms with van der Waals surface area (Å²) in [6.45, 7) is 8.58. The molecule has 0 aromatic heterocycles. The van der Waals surface area contributed by atoms with Gasteiger partial charge in [0, 0.05) is 6.07 Å². The maximum atomic E-state index is 10.1. The van der Waals surface area contributed by atoms with Gasteiger partial charge < -0.3 is 14.6 Å². The predicted molar refractivity (Wildman–Crippen MR) is 68.6 cm³/mol. The van der Waals surface area contributed by atoms with Gasteiger partial charge in [-0.15, -0.1) is 0 Å². The van der Waals surface area contributed by atoms with Crippen molar-refractivity contribution in [3.05, 3.63) is 24.3 Å². The third-order valence-corrected chi connectivity index (χ3v) is 2.89. The van der Waals surface area contributed by atoms with Gasteiger partial charge in [-0.1, -0.05) is 19.9 Å². The molecule has 0 spiro atoms. The summed E-state index contributed by atoms with van der Waals surface area (Å²) in [7, 11) is 0. The van der Waals surface area contributed by atoms with Crippen molar-refractivity contribution in [2.75, 3.05) is 13.2 Å². The normalized spacial score (nSPS) is 14.5. The lowest BCUT2D eigenvalue weighted by atomic mass is 9.94. The molecule has 0 aliphatic carbocycles. The van der Waals surface area contributed by atoms with Crippen LogP contribution in [0.25, 0.3) is 0 Å². The largest absolute Gasteiger partial charge is 0.494 e. The van der Waals surface area contributed by atoms with Crippen LogP contribution in [0.1, 0.15) is 27.7 Å². The molecule has 0 saturated carbocycles. The predicted octanol–water partition coefficient (Wildman–Crippen LogP) is 2.87. The maximum Gasteiger partial charge on any atom is 0.123 e. The summed E-state index contributed by atoms with van der Waals surface area (Å²) in [5, 5.41) is 10.1. The first-order chi connectivity index (χ1) is 7.95. The Hall–Kier alpha value is -1.22. The van der Waals surface area contributed by atoms with Gasteiger partial charge in [0.2, 0.25) is 0 Å². The summed E-state index contributed by atoms with van der Waals surface area (Å²) in [6, 6.07) is 7.46. The van der Waals surface area contributed by atoms with Gasteiger partial charge in [0.25, 0.3) is 0 Å². The van der Waals surface area contributed by atoms with Gasteiger partial charge in [-0.05, 0) is 31.9 Å². The second-order valence-electron chi connectivity index (χ2n) is 4.71. The molecule has 0 fully saturated rings. The lowest BCUT2D eigenvalue weighted by Crippen LogP contribution is -2.37. The molecule has 3 nitrogen and oxygen atoms in total. The van der Waals surface area contributed by atoms with Gasteiger partial charge in [0.1, 0.15) is 18.1 Å². The second kappa shape index (κ2) is 5.92. The highest BCUT2D eigenvalue weighted by Crippen LogP contribution is 2.22. The molecular formula is C14H22O3. The minimum atomic E-state index is -0.818. The third kappa shape index (κ3) is 4.27. The topological polar surface area (TPSA) is 38.7 Å². The zero-order chi connectivity index (χ0) is 12.9. The first-order valence-electron chi connectivity index (χ1n) is 6.03. The Balaban J connectivity index is 2.60. The van der Waals surface area contributed by atoms with Crippen molar-refractivity contribution in [1.29, 1.82) is 0 Å². The van der Waals surface area contributed by atoms with Crippen molar-refractivity contribution < 1.29 is 14.6 Å². The fourth-order valence-corrected chi connectivity index (χ4v) is 1.22. The summed E-state index contributed by atoms with van der Waals surface area (Å²) < 4.78 is 11.0. The first kappa shape index (κ1) is 13.8. The average Bonchev–Trinajstić information content (AvgIpc) is 2.27. The fraction of sp³-hybridized carbons (Fsp3) is 0.571. The molecule has 1 aromatic rings. The van der Waals surface area contributed by atoms with Crippen LogP contribution in [0, 0.1) is 5.92 Å². The molecule has 3 heteroatoms. The van der Waals surface area contributed by atoms with E-state index in [4.69, 9.17) is 9.47 Å². The number of hydrogen-bond donors (Lipinski definition) is 1. The number of aliphatic hydroxyl groups is 1. The summed E-state index contributed by atoms with van der Waals surface area (Å²) in [5.74, 6) is 1.66. The lowest BCUT2D eigenvalue weighted by molar-refractivity contribution is -0.0267. The molecule has 1 N–H and O–H groups in total. The van der Waals surface area contributed by atoms with Crippen molar-refractivity contribution in [2.24, 2.45) is 5.92 Å². The SMILES string of the molecule is CCOc1cccc(OCC(C)(O)C(C)C)c1. The fourth-order valence-electron chi connectivity index (χ4n) is 1.22. The molecule has 0 bridgehead atoms. The van der Waals surface area contributed by atoms with E-state index in [0.29, 0.717) is 6.61 Å². The van der Waals surface area contributed by atoms with E-state index in [-0.39, 0.29) is 12.5 Å². The van der Waals surface area contributed by atoms with E-state index in [1.165, 1.54) is 0 Å². The summed E-state index contributed by atoms with van der Waals surface area (Å²) in [5.41, 5.74) is -0.818. The van der Waals surface area contributed by atoms with Crippen LogP contribution in [0.2, 0.25) is 0 Å². The molecule has 1 aromatic carbocycles. The van der Waals surface area contributed by atoms with Gasteiger partial charge in [-0.2, -0.15) is 0 Å². The van der Waals surface area contributed by atoms with E-state index in [0.717, 1.165) is 11.5 Å². The zero-order valence-electron chi connectivity index (χ0n) is 11.1.